The van der Waals surface area contributed by atoms with E-state index in [-0.39, 0.29) is 23.9 Å². The van der Waals surface area contributed by atoms with Gasteiger partial charge in [-0.15, -0.1) is 0 Å². The number of carbonyl (C=O) groups is 6. The van der Waals surface area contributed by atoms with E-state index < -0.39 is 93.8 Å². The summed E-state index contributed by atoms with van der Waals surface area (Å²) in [6.45, 7) is 6.57. The predicted octanol–water partition coefficient (Wildman–Crippen LogP) is 0.887. The van der Waals surface area contributed by atoms with Crippen LogP contribution < -0.4 is 26.0 Å². The number of rotatable bonds is 15. The molecule has 2 bridgehead atoms. The van der Waals surface area contributed by atoms with Gasteiger partial charge in [0.25, 0.3) is 5.91 Å². The Morgan fingerprint density at radius 3 is 2.06 bits per heavy atom. The molecule has 1 saturated heterocycles. The van der Waals surface area contributed by atoms with Gasteiger partial charge in [0.1, 0.15) is 24.2 Å². The molecule has 5 N–H and O–H groups in total. The van der Waals surface area contributed by atoms with Crippen molar-refractivity contribution >= 4 is 45.3 Å². The molecule has 3 unspecified atom stereocenters. The maximum absolute atomic E-state index is 14.5. The van der Waals surface area contributed by atoms with Gasteiger partial charge in [-0.3, -0.25) is 28.8 Å². The average Bonchev–Trinajstić information content (AvgIpc) is 3.59. The molecule has 4 fully saturated rings. The first-order valence-electron chi connectivity index (χ1n) is 17.6. The predicted molar refractivity (Wildman–Crippen MR) is 178 cm³/mol. The highest BCUT2D eigenvalue weighted by Gasteiger charge is 2.54. The van der Waals surface area contributed by atoms with E-state index in [1.54, 1.807) is 20.8 Å². The summed E-state index contributed by atoms with van der Waals surface area (Å²) in [4.78, 5) is 82.1. The lowest BCUT2D eigenvalue weighted by molar-refractivity contribution is -0.149. The standard InChI is InChI=1S/C33H52F2N6O8S/c1-17(40-50(5,48)49)28(43)38-24(18-9-7-6-8-10-18)29(44)39-27(33(2,3)4)32(47)41-21-14-11-19(15-21)25(41)30(45)37-22(16-23(34)35)26(42)31(46)36-20-12-13-20/h17-25,27,40H,6-16H2,1-5H3,(H,36,46)(H,37,45)(H,38,43)(H,39,44)/t17-,19?,21?,22?,24-,25-,27+/m0/s1. The number of hydrogen-bond donors (Lipinski definition) is 5. The number of sulfonamides is 1. The molecule has 5 amide bonds. The fraction of sp³-hybridized carbons (Fsp3) is 0.818. The summed E-state index contributed by atoms with van der Waals surface area (Å²) in [5, 5.41) is 10.4. The Morgan fingerprint density at radius 2 is 1.50 bits per heavy atom. The molecular formula is C33H52F2N6O8S. The third-order valence-corrected chi connectivity index (χ3v) is 11.0. The fourth-order valence-electron chi connectivity index (χ4n) is 7.50. The highest BCUT2D eigenvalue weighted by atomic mass is 32.2. The third kappa shape index (κ3) is 10.2. The van der Waals surface area contributed by atoms with Gasteiger partial charge in [-0.2, -0.15) is 0 Å². The van der Waals surface area contributed by atoms with Crippen LogP contribution in [0.3, 0.4) is 0 Å². The molecule has 14 nitrogen and oxygen atoms in total. The van der Waals surface area contributed by atoms with E-state index in [0.717, 1.165) is 25.5 Å². The smallest absolute Gasteiger partial charge is 0.289 e. The van der Waals surface area contributed by atoms with Crippen molar-refractivity contribution < 1.29 is 46.0 Å². The molecule has 1 heterocycles. The van der Waals surface area contributed by atoms with Gasteiger partial charge in [-0.1, -0.05) is 40.0 Å². The number of piperidine rings is 1. The van der Waals surface area contributed by atoms with E-state index in [4.69, 9.17) is 0 Å². The van der Waals surface area contributed by atoms with Crippen LogP contribution in [0, 0.1) is 17.3 Å². The molecule has 0 spiro atoms. The zero-order valence-corrected chi connectivity index (χ0v) is 30.2. The topological polar surface area (TPSA) is 200 Å². The van der Waals surface area contributed by atoms with Gasteiger partial charge in [0, 0.05) is 18.5 Å². The number of halogens is 2. The normalized spacial score (nSPS) is 25.0. The van der Waals surface area contributed by atoms with Crippen LogP contribution in [0.25, 0.3) is 0 Å². The number of carbonyl (C=O) groups excluding carboxylic acids is 6. The largest absolute Gasteiger partial charge is 0.347 e. The molecule has 0 aromatic rings. The number of ketones is 1. The molecule has 4 rings (SSSR count). The van der Waals surface area contributed by atoms with Crippen LogP contribution in [0.2, 0.25) is 0 Å². The quantitative estimate of drug-likeness (QED) is 0.153. The number of alkyl halides is 2. The van der Waals surface area contributed by atoms with Crippen molar-refractivity contribution in [3.05, 3.63) is 0 Å². The number of nitrogens with one attached hydrogen (secondary N) is 5. The van der Waals surface area contributed by atoms with Crippen LogP contribution in [0.5, 0.6) is 0 Å². The first-order chi connectivity index (χ1) is 23.3. The van der Waals surface area contributed by atoms with Crippen LogP contribution >= 0.6 is 0 Å². The Morgan fingerprint density at radius 1 is 0.860 bits per heavy atom. The second-order valence-electron chi connectivity index (χ2n) is 15.5. The molecular weight excluding hydrogens is 678 g/mol. The van der Waals surface area contributed by atoms with Crippen molar-refractivity contribution in [2.75, 3.05) is 6.26 Å². The van der Waals surface area contributed by atoms with Crippen LogP contribution in [0.15, 0.2) is 0 Å². The van der Waals surface area contributed by atoms with Gasteiger partial charge in [0.2, 0.25) is 45.9 Å². The first kappa shape index (κ1) is 39.6. The first-order valence-corrected chi connectivity index (χ1v) is 19.5. The van der Waals surface area contributed by atoms with Gasteiger partial charge < -0.3 is 26.2 Å². The second-order valence-corrected chi connectivity index (χ2v) is 17.3. The molecule has 4 aliphatic rings. The zero-order chi connectivity index (χ0) is 37.1. The average molecular weight is 731 g/mol. The van der Waals surface area contributed by atoms with E-state index in [9.17, 15) is 46.0 Å². The maximum atomic E-state index is 14.5. The Kier molecular flexibility index (Phi) is 12.7. The lowest BCUT2D eigenvalue weighted by atomic mass is 9.81. The molecule has 0 aromatic heterocycles. The van der Waals surface area contributed by atoms with Gasteiger partial charge >= 0.3 is 0 Å². The van der Waals surface area contributed by atoms with Crippen LogP contribution in [0.4, 0.5) is 8.78 Å². The Balaban J connectivity index is 1.55. The van der Waals surface area contributed by atoms with Crippen molar-refractivity contribution in [3.8, 4) is 0 Å². The molecule has 50 heavy (non-hydrogen) atoms. The molecule has 3 aliphatic carbocycles. The summed E-state index contributed by atoms with van der Waals surface area (Å²) >= 11 is 0. The fourth-order valence-corrected chi connectivity index (χ4v) is 8.25. The van der Waals surface area contributed by atoms with Crippen molar-refractivity contribution in [2.24, 2.45) is 17.3 Å². The number of hydrogen-bond acceptors (Lipinski definition) is 8. The van der Waals surface area contributed by atoms with Crippen molar-refractivity contribution in [2.45, 2.75) is 147 Å². The maximum Gasteiger partial charge on any atom is 0.289 e. The SMILES string of the molecule is C[C@H](NS(C)(=O)=O)C(=O)N[C@H](C(=O)N[C@H](C(=O)N1C2CCC(C2)[C@H]1C(=O)NC(CC(F)F)C(=O)C(=O)NC1CC1)C(C)(C)C)C1CCCCC1. The number of Topliss-reactive ketones (excluding diaryl/α,β-unsaturated/α-hetero) is 1. The molecule has 0 aromatic carbocycles. The van der Waals surface area contributed by atoms with Gasteiger partial charge in [0.15, 0.2) is 0 Å². The van der Waals surface area contributed by atoms with Crippen LogP contribution in [-0.2, 0) is 38.8 Å². The highest BCUT2D eigenvalue weighted by molar-refractivity contribution is 7.88. The summed E-state index contributed by atoms with van der Waals surface area (Å²) in [5.74, 6) is -5.52. The lowest BCUT2D eigenvalue weighted by Gasteiger charge is -2.41. The Labute approximate surface area is 292 Å². The van der Waals surface area contributed by atoms with E-state index in [1.165, 1.54) is 11.8 Å². The Hall–Kier alpha value is -3.21. The summed E-state index contributed by atoms with van der Waals surface area (Å²) in [7, 11) is -3.72. The number of fused-ring (bicyclic) bond motifs is 2. The molecule has 1 aliphatic heterocycles. The molecule has 17 heteroatoms. The van der Waals surface area contributed by atoms with Crippen molar-refractivity contribution in [1.82, 2.24) is 30.9 Å². The second kappa shape index (κ2) is 16.0. The summed E-state index contributed by atoms with van der Waals surface area (Å²) in [6, 6.07) is -6.87. The minimum Gasteiger partial charge on any atom is -0.347 e. The van der Waals surface area contributed by atoms with Gasteiger partial charge in [-0.05, 0) is 69.1 Å². The number of likely N-dealkylation sites (tertiary alicyclic amines) is 1. The number of nitrogens with zero attached hydrogens (tertiary/aromatic N) is 1. The van der Waals surface area contributed by atoms with Crippen LogP contribution in [-0.4, -0.2) is 104 Å². The zero-order valence-electron chi connectivity index (χ0n) is 29.4. The molecule has 282 valence electrons. The monoisotopic (exact) mass is 730 g/mol. The van der Waals surface area contributed by atoms with E-state index >= 15 is 0 Å². The lowest BCUT2D eigenvalue weighted by Crippen LogP contribution is -2.64. The summed E-state index contributed by atoms with van der Waals surface area (Å²) < 4.78 is 52.8. The molecule has 7 atom stereocenters. The van der Waals surface area contributed by atoms with Crippen LogP contribution in [0.1, 0.15) is 98.3 Å². The Bertz CT molecular complexity index is 1430. The minimum absolute atomic E-state index is 0.198. The summed E-state index contributed by atoms with van der Waals surface area (Å²) in [5.41, 5.74) is -0.892. The molecule has 0 radical (unpaired) electrons. The van der Waals surface area contributed by atoms with Crippen molar-refractivity contribution in [3.63, 3.8) is 0 Å². The summed E-state index contributed by atoms with van der Waals surface area (Å²) in [6.07, 6.45) is 3.74. The number of amides is 5. The van der Waals surface area contributed by atoms with E-state index in [1.807, 2.05) is 0 Å². The van der Waals surface area contributed by atoms with Gasteiger partial charge in [-0.25, -0.2) is 21.9 Å². The van der Waals surface area contributed by atoms with Gasteiger partial charge in [0.05, 0.1) is 12.3 Å². The third-order valence-electron chi connectivity index (χ3n) is 10.2. The van der Waals surface area contributed by atoms with Crippen molar-refractivity contribution in [1.29, 1.82) is 0 Å². The minimum atomic E-state index is -3.72. The molecule has 3 saturated carbocycles. The highest BCUT2D eigenvalue weighted by Crippen LogP contribution is 2.44. The van der Waals surface area contributed by atoms with E-state index in [0.29, 0.717) is 44.9 Å². The van der Waals surface area contributed by atoms with E-state index in [2.05, 4.69) is 26.0 Å².